The average Bonchev–Trinajstić information content (AvgIpc) is 2.89. The molecule has 3 rings (SSSR count). The Morgan fingerprint density at radius 1 is 1.23 bits per heavy atom. The smallest absolute Gasteiger partial charge is 0.356 e. The molecule has 0 saturated carbocycles. The Bertz CT molecular complexity index is 1120. The van der Waals surface area contributed by atoms with Crippen molar-refractivity contribution in [1.82, 2.24) is 14.5 Å². The van der Waals surface area contributed by atoms with Crippen molar-refractivity contribution in [3.63, 3.8) is 0 Å². The number of aryl methyl sites for hydroxylation is 1. The van der Waals surface area contributed by atoms with E-state index in [9.17, 15) is 13.2 Å². The predicted molar refractivity (Wildman–Crippen MR) is 97.3 cm³/mol. The number of benzene rings is 1. The number of rotatable bonds is 4. The third-order valence-electron chi connectivity index (χ3n) is 3.96. The first-order valence-electron chi connectivity index (χ1n) is 7.61. The predicted octanol–water partition coefficient (Wildman–Crippen LogP) is 2.63. The molecule has 0 aliphatic carbocycles. The van der Waals surface area contributed by atoms with E-state index in [0.717, 1.165) is 6.26 Å². The maximum atomic E-state index is 11.7. The van der Waals surface area contributed by atoms with E-state index < -0.39 is 15.8 Å². The fraction of sp³-hybridized carbons (Fsp3) is 0.235. The van der Waals surface area contributed by atoms with E-state index in [4.69, 9.17) is 16.3 Å². The van der Waals surface area contributed by atoms with Gasteiger partial charge in [-0.25, -0.2) is 23.2 Å². The van der Waals surface area contributed by atoms with Gasteiger partial charge in [0.05, 0.1) is 18.6 Å². The first-order valence-corrected chi connectivity index (χ1v) is 9.88. The van der Waals surface area contributed by atoms with Crippen molar-refractivity contribution in [3.8, 4) is 0 Å². The highest BCUT2D eigenvalue weighted by Gasteiger charge is 2.16. The van der Waals surface area contributed by atoms with Crippen LogP contribution in [0.15, 0.2) is 35.2 Å². The van der Waals surface area contributed by atoms with Crippen LogP contribution in [0.5, 0.6) is 0 Å². The first-order chi connectivity index (χ1) is 12.2. The normalized spacial score (nSPS) is 11.7. The lowest BCUT2D eigenvalue weighted by molar-refractivity contribution is 0.0594. The number of carbonyl (C=O) groups excluding carboxylic acids is 1. The molecule has 0 N–H and O–H groups in total. The third kappa shape index (κ3) is 3.42. The molecule has 0 spiro atoms. The number of fused-ring (bicyclic) bond motifs is 1. The molecular weight excluding hydrogens is 378 g/mol. The number of ether oxygens (including phenoxy) is 1. The maximum Gasteiger partial charge on any atom is 0.356 e. The number of pyridine rings is 1. The number of imidazole rings is 1. The molecule has 0 unspecified atom stereocenters. The number of aromatic nitrogens is 3. The number of carbonyl (C=O) groups is 1. The van der Waals surface area contributed by atoms with Crippen molar-refractivity contribution in [3.05, 3.63) is 52.4 Å². The number of halogens is 1. The van der Waals surface area contributed by atoms with Crippen LogP contribution in [-0.2, 0) is 21.1 Å². The van der Waals surface area contributed by atoms with Gasteiger partial charge in [0.15, 0.2) is 21.2 Å². The zero-order valence-corrected chi connectivity index (χ0v) is 15.9. The van der Waals surface area contributed by atoms with Crippen LogP contribution >= 0.6 is 11.6 Å². The number of sulfone groups is 1. The molecule has 7 nitrogen and oxygen atoms in total. The molecule has 136 valence electrons. The van der Waals surface area contributed by atoms with Crippen LogP contribution in [0.2, 0.25) is 5.02 Å². The van der Waals surface area contributed by atoms with Gasteiger partial charge in [-0.05, 0) is 36.8 Å². The van der Waals surface area contributed by atoms with Crippen molar-refractivity contribution in [1.29, 1.82) is 0 Å². The summed E-state index contributed by atoms with van der Waals surface area (Å²) in [5, 5.41) is 0.332. The molecule has 0 fully saturated rings. The maximum absolute atomic E-state index is 11.7. The lowest BCUT2D eigenvalue weighted by Gasteiger charge is -2.10. The summed E-state index contributed by atoms with van der Waals surface area (Å²) >= 11 is 6.27. The van der Waals surface area contributed by atoms with Crippen LogP contribution in [0, 0.1) is 6.92 Å². The Morgan fingerprint density at radius 2 is 1.96 bits per heavy atom. The van der Waals surface area contributed by atoms with Gasteiger partial charge in [0, 0.05) is 11.3 Å². The summed E-state index contributed by atoms with van der Waals surface area (Å²) in [6.45, 7) is 2.15. The van der Waals surface area contributed by atoms with Crippen molar-refractivity contribution in [2.75, 3.05) is 13.4 Å². The minimum Gasteiger partial charge on any atom is -0.464 e. The fourth-order valence-electron chi connectivity index (χ4n) is 2.58. The molecule has 2 heterocycles. The minimum absolute atomic E-state index is 0.157. The van der Waals surface area contributed by atoms with Gasteiger partial charge in [0.25, 0.3) is 0 Å². The Morgan fingerprint density at radius 3 is 2.58 bits per heavy atom. The molecule has 1 aromatic carbocycles. The summed E-state index contributed by atoms with van der Waals surface area (Å²) in [6, 6.07) is 7.85. The highest BCUT2D eigenvalue weighted by atomic mass is 35.5. The molecule has 0 bridgehead atoms. The number of hydrogen-bond donors (Lipinski definition) is 0. The van der Waals surface area contributed by atoms with Gasteiger partial charge in [-0.2, -0.15) is 0 Å². The molecule has 26 heavy (non-hydrogen) atoms. The van der Waals surface area contributed by atoms with Crippen LogP contribution in [0.1, 0.15) is 21.9 Å². The van der Waals surface area contributed by atoms with Gasteiger partial charge in [-0.15, -0.1) is 0 Å². The van der Waals surface area contributed by atoms with Crippen molar-refractivity contribution in [2.24, 2.45) is 0 Å². The molecule has 0 atom stereocenters. The molecule has 0 saturated heterocycles. The summed E-state index contributed by atoms with van der Waals surface area (Å²) in [4.78, 5) is 20.7. The van der Waals surface area contributed by atoms with Gasteiger partial charge >= 0.3 is 5.97 Å². The summed E-state index contributed by atoms with van der Waals surface area (Å²) in [7, 11) is -2.04. The molecule has 9 heteroatoms. The SMILES string of the molecule is COC(=O)c1ccc2nc(C)n(Cc3ccc(S(C)(=O)=O)cc3Cl)c2n1. The van der Waals surface area contributed by atoms with E-state index in [-0.39, 0.29) is 10.6 Å². The fourth-order valence-corrected chi connectivity index (χ4v) is 3.53. The Labute approximate surface area is 155 Å². The van der Waals surface area contributed by atoms with Crippen molar-refractivity contribution in [2.45, 2.75) is 18.4 Å². The van der Waals surface area contributed by atoms with Crippen LogP contribution in [0.3, 0.4) is 0 Å². The second-order valence-corrected chi connectivity index (χ2v) is 8.22. The van der Waals surface area contributed by atoms with Gasteiger partial charge < -0.3 is 9.30 Å². The van der Waals surface area contributed by atoms with Crippen LogP contribution in [0.4, 0.5) is 0 Å². The average molecular weight is 394 g/mol. The Kier molecular flexibility index (Phi) is 4.72. The van der Waals surface area contributed by atoms with Crippen molar-refractivity contribution >= 4 is 38.6 Å². The van der Waals surface area contributed by atoms with E-state index in [1.54, 1.807) is 18.2 Å². The largest absolute Gasteiger partial charge is 0.464 e. The van der Waals surface area contributed by atoms with Crippen LogP contribution in [0.25, 0.3) is 11.2 Å². The van der Waals surface area contributed by atoms with E-state index in [1.807, 2.05) is 11.5 Å². The lowest BCUT2D eigenvalue weighted by atomic mass is 10.2. The Hall–Kier alpha value is -2.45. The summed E-state index contributed by atoms with van der Waals surface area (Å²) in [6.07, 6.45) is 1.13. The first kappa shape index (κ1) is 18.3. The van der Waals surface area contributed by atoms with Gasteiger partial charge in [0.2, 0.25) is 0 Å². The number of nitrogens with zero attached hydrogens (tertiary/aromatic N) is 3. The summed E-state index contributed by atoms with van der Waals surface area (Å²) in [5.41, 5.74) is 2.05. The molecule has 0 amide bonds. The van der Waals surface area contributed by atoms with E-state index in [1.165, 1.54) is 19.2 Å². The molecule has 0 aliphatic rings. The van der Waals surface area contributed by atoms with Gasteiger partial charge in [-0.3, -0.25) is 0 Å². The molecule has 0 aliphatic heterocycles. The second-order valence-electron chi connectivity index (χ2n) is 5.80. The molecule has 0 radical (unpaired) electrons. The zero-order valence-electron chi connectivity index (χ0n) is 14.4. The standard InChI is InChI=1S/C17H16ClN3O4S/c1-10-19-14-6-7-15(17(22)25-2)20-16(14)21(10)9-11-4-5-12(8-13(11)18)26(3,23)24/h4-8H,9H2,1-3H3. The van der Waals surface area contributed by atoms with Crippen LogP contribution < -0.4 is 0 Å². The quantitative estimate of drug-likeness (QED) is 0.633. The van der Waals surface area contributed by atoms with Gasteiger partial charge in [0.1, 0.15) is 11.3 Å². The molecular formula is C17H16ClN3O4S. The molecule has 3 aromatic rings. The Balaban J connectivity index is 2.06. The van der Waals surface area contributed by atoms with E-state index in [2.05, 4.69) is 9.97 Å². The van der Waals surface area contributed by atoms with Crippen LogP contribution in [-0.4, -0.2) is 42.3 Å². The zero-order chi connectivity index (χ0) is 19.1. The number of esters is 1. The number of methoxy groups -OCH3 is 1. The summed E-state index contributed by atoms with van der Waals surface area (Å²) < 4.78 is 29.8. The number of hydrogen-bond acceptors (Lipinski definition) is 6. The summed E-state index contributed by atoms with van der Waals surface area (Å²) in [5.74, 6) is 0.158. The van der Waals surface area contributed by atoms with Crippen molar-refractivity contribution < 1.29 is 17.9 Å². The highest BCUT2D eigenvalue weighted by molar-refractivity contribution is 7.90. The molecule has 2 aromatic heterocycles. The highest BCUT2D eigenvalue weighted by Crippen LogP contribution is 2.24. The monoisotopic (exact) mass is 393 g/mol. The van der Waals surface area contributed by atoms with E-state index in [0.29, 0.717) is 34.1 Å². The van der Waals surface area contributed by atoms with E-state index >= 15 is 0 Å². The van der Waals surface area contributed by atoms with Gasteiger partial charge in [-0.1, -0.05) is 17.7 Å². The third-order valence-corrected chi connectivity index (χ3v) is 5.42. The second kappa shape index (κ2) is 6.69. The minimum atomic E-state index is -3.33. The lowest BCUT2D eigenvalue weighted by Crippen LogP contribution is -2.08. The topological polar surface area (TPSA) is 91.1 Å².